The molecule has 0 aliphatic carbocycles. The molecule has 0 saturated heterocycles. The number of rotatable bonds is 5. The molecule has 0 radical (unpaired) electrons. The zero-order valence-electron chi connectivity index (χ0n) is 27.4. The summed E-state index contributed by atoms with van der Waals surface area (Å²) in [6, 6.07) is 46.4. The molecule has 11 rings (SSSR count). The minimum Gasteiger partial charge on any atom is -0.436 e. The third-order valence-corrected chi connectivity index (χ3v) is 9.52. The van der Waals surface area contributed by atoms with E-state index in [0.29, 0.717) is 17.7 Å². The second kappa shape index (κ2) is 11.1. The Morgan fingerprint density at radius 1 is 0.423 bits per heavy atom. The number of nitrogens with zero attached hydrogens (tertiary/aromatic N) is 7. The normalized spacial score (nSPS) is 11.8. The summed E-state index contributed by atoms with van der Waals surface area (Å²) in [4.78, 5) is 24.5. The van der Waals surface area contributed by atoms with Crippen LogP contribution in [0.15, 0.2) is 161 Å². The van der Waals surface area contributed by atoms with Crippen molar-refractivity contribution in [3.8, 4) is 45.9 Å². The van der Waals surface area contributed by atoms with Crippen molar-refractivity contribution in [1.82, 2.24) is 34.1 Å². The van der Waals surface area contributed by atoms with Crippen molar-refractivity contribution in [2.24, 2.45) is 0 Å². The number of benzene rings is 6. The van der Waals surface area contributed by atoms with E-state index < -0.39 is 0 Å². The highest BCUT2D eigenvalue weighted by molar-refractivity contribution is 6.11. The quantitative estimate of drug-likeness (QED) is 0.179. The van der Waals surface area contributed by atoms with Crippen molar-refractivity contribution < 1.29 is 8.83 Å². The molecule has 244 valence electrons. The molecule has 0 atom stereocenters. The van der Waals surface area contributed by atoms with Gasteiger partial charge in [-0.25, -0.2) is 24.9 Å². The van der Waals surface area contributed by atoms with E-state index in [1.54, 1.807) is 0 Å². The first-order valence-electron chi connectivity index (χ1n) is 16.9. The van der Waals surface area contributed by atoms with Crippen molar-refractivity contribution in [1.29, 1.82) is 0 Å². The number of para-hydroxylation sites is 7. The smallest absolute Gasteiger partial charge is 0.234 e. The van der Waals surface area contributed by atoms with Crippen LogP contribution < -0.4 is 0 Å². The summed E-state index contributed by atoms with van der Waals surface area (Å²) < 4.78 is 16.6. The molecule has 0 spiro atoms. The van der Waals surface area contributed by atoms with Crippen LogP contribution in [-0.4, -0.2) is 34.1 Å². The standard InChI is InChI=1S/C43H25N7O2/c1-2-10-29(11-3-1)49-37-15-7-4-12-32(37)46-40(49)28-24-44-43(45-25-28)50-35-20-18-26(41-47-33-13-5-8-16-38(33)51-41)22-30(35)31-23-27(19-21-36(31)50)42-48-34-14-6-9-17-39(34)52-42/h1-25H. The van der Waals surface area contributed by atoms with Gasteiger partial charge in [0.2, 0.25) is 17.7 Å². The Kier molecular flexibility index (Phi) is 6.05. The molecule has 0 N–H and O–H groups in total. The highest BCUT2D eigenvalue weighted by Gasteiger charge is 2.20. The number of aromatic nitrogens is 7. The van der Waals surface area contributed by atoms with Gasteiger partial charge in [0.1, 0.15) is 16.9 Å². The molecule has 52 heavy (non-hydrogen) atoms. The fourth-order valence-corrected chi connectivity index (χ4v) is 7.11. The Balaban J connectivity index is 1.09. The van der Waals surface area contributed by atoms with Crippen LogP contribution in [0.4, 0.5) is 0 Å². The van der Waals surface area contributed by atoms with Crippen LogP contribution in [0, 0.1) is 0 Å². The Hall–Kier alpha value is -7.39. The van der Waals surface area contributed by atoms with Gasteiger partial charge in [0, 0.05) is 40.0 Å². The van der Waals surface area contributed by atoms with Crippen molar-refractivity contribution >= 4 is 55.0 Å². The molecule has 0 unspecified atom stereocenters. The number of fused-ring (bicyclic) bond motifs is 6. The van der Waals surface area contributed by atoms with E-state index >= 15 is 0 Å². The van der Waals surface area contributed by atoms with Gasteiger partial charge in [-0.1, -0.05) is 54.6 Å². The summed E-state index contributed by atoms with van der Waals surface area (Å²) in [5, 5.41) is 1.98. The minimum absolute atomic E-state index is 0.537. The number of imidazole rings is 1. The van der Waals surface area contributed by atoms with E-state index in [9.17, 15) is 0 Å². The first-order chi connectivity index (χ1) is 25.7. The van der Waals surface area contributed by atoms with E-state index in [-0.39, 0.29) is 0 Å². The first kappa shape index (κ1) is 28.4. The topological polar surface area (TPSA) is 101 Å². The monoisotopic (exact) mass is 671 g/mol. The Labute approximate surface area is 295 Å². The maximum Gasteiger partial charge on any atom is 0.234 e. The lowest BCUT2D eigenvalue weighted by molar-refractivity contribution is 0.619. The second-order valence-corrected chi connectivity index (χ2v) is 12.6. The Morgan fingerprint density at radius 3 is 1.56 bits per heavy atom. The zero-order chi connectivity index (χ0) is 34.2. The van der Waals surface area contributed by atoms with Gasteiger partial charge in [-0.05, 0) is 84.9 Å². The minimum atomic E-state index is 0.537. The van der Waals surface area contributed by atoms with Crippen molar-refractivity contribution in [2.45, 2.75) is 0 Å². The lowest BCUT2D eigenvalue weighted by Gasteiger charge is -2.10. The van der Waals surface area contributed by atoms with Gasteiger partial charge in [0.15, 0.2) is 11.2 Å². The molecule has 6 aromatic carbocycles. The molecular formula is C43H25N7O2. The first-order valence-corrected chi connectivity index (χ1v) is 16.9. The maximum atomic E-state index is 6.18. The second-order valence-electron chi connectivity index (χ2n) is 12.6. The Morgan fingerprint density at radius 2 is 0.962 bits per heavy atom. The van der Waals surface area contributed by atoms with Gasteiger partial charge in [-0.15, -0.1) is 0 Å². The third-order valence-electron chi connectivity index (χ3n) is 9.52. The summed E-state index contributed by atoms with van der Waals surface area (Å²) in [6.45, 7) is 0. The fourth-order valence-electron chi connectivity index (χ4n) is 7.11. The third kappa shape index (κ3) is 4.39. The predicted molar refractivity (Wildman–Crippen MR) is 202 cm³/mol. The molecule has 0 amide bonds. The molecule has 9 heteroatoms. The Bertz CT molecular complexity index is 2940. The van der Waals surface area contributed by atoms with Gasteiger partial charge in [-0.2, -0.15) is 0 Å². The summed E-state index contributed by atoms with van der Waals surface area (Å²) in [6.07, 6.45) is 3.69. The maximum absolute atomic E-state index is 6.18. The summed E-state index contributed by atoms with van der Waals surface area (Å²) in [7, 11) is 0. The lowest BCUT2D eigenvalue weighted by Crippen LogP contribution is -2.02. The predicted octanol–water partition coefficient (Wildman–Crippen LogP) is 10.2. The molecular weight excluding hydrogens is 647 g/mol. The van der Waals surface area contributed by atoms with Gasteiger partial charge >= 0.3 is 0 Å². The van der Waals surface area contributed by atoms with Crippen LogP contribution in [0.5, 0.6) is 0 Å². The molecule has 0 bridgehead atoms. The van der Waals surface area contributed by atoms with E-state index in [4.69, 9.17) is 33.8 Å². The van der Waals surface area contributed by atoms with Crippen LogP contribution in [0.2, 0.25) is 0 Å². The molecule has 11 aromatic rings. The summed E-state index contributed by atoms with van der Waals surface area (Å²) >= 11 is 0. The van der Waals surface area contributed by atoms with Crippen LogP contribution in [0.1, 0.15) is 0 Å². The highest BCUT2D eigenvalue weighted by Crippen LogP contribution is 2.38. The number of hydrogen-bond donors (Lipinski definition) is 0. The van der Waals surface area contributed by atoms with E-state index in [0.717, 1.165) is 83.2 Å². The average Bonchev–Trinajstić information content (AvgIpc) is 3.99. The van der Waals surface area contributed by atoms with Gasteiger partial charge in [-0.3, -0.25) is 9.13 Å². The van der Waals surface area contributed by atoms with Gasteiger partial charge in [0.25, 0.3) is 0 Å². The lowest BCUT2D eigenvalue weighted by atomic mass is 10.1. The van der Waals surface area contributed by atoms with Crippen LogP contribution in [0.3, 0.4) is 0 Å². The molecule has 0 aliphatic rings. The average molecular weight is 672 g/mol. The van der Waals surface area contributed by atoms with Crippen LogP contribution in [0.25, 0.3) is 101 Å². The summed E-state index contributed by atoms with van der Waals surface area (Å²) in [5.41, 5.74) is 10.5. The van der Waals surface area contributed by atoms with Crippen molar-refractivity contribution in [3.05, 3.63) is 152 Å². The zero-order valence-corrected chi connectivity index (χ0v) is 27.4. The van der Waals surface area contributed by atoms with E-state index in [1.165, 1.54) is 0 Å². The number of hydrogen-bond acceptors (Lipinski definition) is 7. The number of oxazole rings is 2. The molecule has 0 saturated carbocycles. The molecule has 5 aromatic heterocycles. The van der Waals surface area contributed by atoms with Gasteiger partial charge in [0.05, 0.1) is 27.6 Å². The molecule has 9 nitrogen and oxygen atoms in total. The summed E-state index contributed by atoms with van der Waals surface area (Å²) in [5.74, 6) is 2.42. The van der Waals surface area contributed by atoms with E-state index in [2.05, 4.69) is 51.6 Å². The molecule has 0 aliphatic heterocycles. The fraction of sp³-hybridized carbons (Fsp3) is 0. The van der Waals surface area contributed by atoms with Gasteiger partial charge < -0.3 is 8.83 Å². The highest BCUT2D eigenvalue weighted by atomic mass is 16.4. The van der Waals surface area contributed by atoms with Crippen LogP contribution in [-0.2, 0) is 0 Å². The molecule has 0 fully saturated rings. The SMILES string of the molecule is c1ccc(-n2c(-c3cnc(-n4c5ccc(-c6nc7ccccc7o6)cc5c5cc(-c6nc7ccccc7o6)ccc54)nc3)nc3ccccc32)cc1. The van der Waals surface area contributed by atoms with E-state index in [1.807, 2.05) is 109 Å². The van der Waals surface area contributed by atoms with Crippen molar-refractivity contribution in [2.75, 3.05) is 0 Å². The molecule has 5 heterocycles. The van der Waals surface area contributed by atoms with Crippen molar-refractivity contribution in [3.63, 3.8) is 0 Å². The largest absolute Gasteiger partial charge is 0.436 e. The van der Waals surface area contributed by atoms with Crippen LogP contribution >= 0.6 is 0 Å².